The molecule has 1 amide bonds. The molecule has 122 valence electrons. The first-order valence-corrected chi connectivity index (χ1v) is 7.66. The van der Waals surface area contributed by atoms with Crippen molar-refractivity contribution in [2.24, 2.45) is 5.92 Å². The quantitative estimate of drug-likeness (QED) is 0.760. The molecule has 23 heavy (non-hydrogen) atoms. The van der Waals surface area contributed by atoms with Gasteiger partial charge in [-0.2, -0.15) is 0 Å². The van der Waals surface area contributed by atoms with E-state index in [0.29, 0.717) is 11.7 Å². The van der Waals surface area contributed by atoms with Crippen LogP contribution >= 0.6 is 0 Å². The molecule has 1 aromatic heterocycles. The van der Waals surface area contributed by atoms with Crippen LogP contribution in [-0.4, -0.2) is 22.4 Å². The second-order valence-electron chi connectivity index (χ2n) is 5.84. The first kappa shape index (κ1) is 16.7. The van der Waals surface area contributed by atoms with E-state index < -0.39 is 0 Å². The van der Waals surface area contributed by atoms with Crippen molar-refractivity contribution in [2.75, 3.05) is 22.5 Å². The number of hydrogen-bond acceptors (Lipinski definition) is 5. The maximum absolute atomic E-state index is 11.0. The average Bonchev–Trinajstić information content (AvgIpc) is 2.46. The zero-order valence-electron chi connectivity index (χ0n) is 14.0. The number of aromatic nitrogens is 2. The zero-order chi connectivity index (χ0) is 16.8. The molecule has 0 aliphatic heterocycles. The Hall–Kier alpha value is -2.63. The van der Waals surface area contributed by atoms with Gasteiger partial charge in [0.05, 0.1) is 0 Å². The van der Waals surface area contributed by atoms with E-state index in [-0.39, 0.29) is 5.91 Å². The number of carbonyl (C=O) groups is 1. The lowest BCUT2D eigenvalue weighted by molar-refractivity contribution is -0.114. The molecule has 0 aliphatic rings. The fraction of sp³-hybridized carbons (Fsp3) is 0.353. The molecule has 1 aromatic carbocycles. The summed E-state index contributed by atoms with van der Waals surface area (Å²) in [5.41, 5.74) is 1.66. The van der Waals surface area contributed by atoms with Gasteiger partial charge < -0.3 is 16.0 Å². The predicted molar refractivity (Wildman–Crippen MR) is 94.1 cm³/mol. The molecule has 2 aromatic rings. The van der Waals surface area contributed by atoms with Gasteiger partial charge in [0.1, 0.15) is 17.5 Å². The van der Waals surface area contributed by atoms with Gasteiger partial charge in [0.2, 0.25) is 5.91 Å². The monoisotopic (exact) mass is 313 g/mol. The van der Waals surface area contributed by atoms with Crippen LogP contribution in [0.5, 0.6) is 0 Å². The van der Waals surface area contributed by atoms with E-state index in [1.807, 2.05) is 37.3 Å². The molecule has 0 fully saturated rings. The largest absolute Gasteiger partial charge is 0.370 e. The fourth-order valence-corrected chi connectivity index (χ4v) is 2.02. The molecule has 0 atom stereocenters. The minimum atomic E-state index is -0.0852. The molecule has 6 nitrogen and oxygen atoms in total. The highest BCUT2D eigenvalue weighted by Gasteiger charge is 2.04. The maximum Gasteiger partial charge on any atom is 0.221 e. The Morgan fingerprint density at radius 3 is 2.30 bits per heavy atom. The van der Waals surface area contributed by atoms with Gasteiger partial charge in [0, 0.05) is 30.9 Å². The van der Waals surface area contributed by atoms with E-state index in [0.717, 1.165) is 29.6 Å². The van der Waals surface area contributed by atoms with Crippen LogP contribution in [0.3, 0.4) is 0 Å². The maximum atomic E-state index is 11.0. The lowest BCUT2D eigenvalue weighted by atomic mass is 10.2. The molecular formula is C17H23N5O. The number of benzene rings is 1. The van der Waals surface area contributed by atoms with Gasteiger partial charge in [-0.3, -0.25) is 4.79 Å². The summed E-state index contributed by atoms with van der Waals surface area (Å²) < 4.78 is 0. The lowest BCUT2D eigenvalue weighted by Crippen LogP contribution is -2.10. The summed E-state index contributed by atoms with van der Waals surface area (Å²) >= 11 is 0. The fourth-order valence-electron chi connectivity index (χ4n) is 2.02. The summed E-state index contributed by atoms with van der Waals surface area (Å²) in [5.74, 6) is 2.71. The third-order valence-corrected chi connectivity index (χ3v) is 3.01. The van der Waals surface area contributed by atoms with E-state index in [4.69, 9.17) is 0 Å². The molecule has 0 saturated carbocycles. The number of nitrogens with one attached hydrogen (secondary N) is 3. The number of carbonyl (C=O) groups excluding carboxylic acids is 1. The third kappa shape index (κ3) is 5.58. The number of nitrogens with zero attached hydrogens (tertiary/aromatic N) is 2. The van der Waals surface area contributed by atoms with Crippen molar-refractivity contribution in [3.8, 4) is 0 Å². The molecule has 0 saturated heterocycles. The van der Waals surface area contributed by atoms with Gasteiger partial charge in [-0.1, -0.05) is 13.8 Å². The number of amides is 1. The van der Waals surface area contributed by atoms with E-state index in [1.165, 1.54) is 6.92 Å². The Kier molecular flexibility index (Phi) is 5.51. The summed E-state index contributed by atoms with van der Waals surface area (Å²) in [4.78, 5) is 19.8. The van der Waals surface area contributed by atoms with Gasteiger partial charge in [-0.05, 0) is 37.1 Å². The summed E-state index contributed by atoms with van der Waals surface area (Å²) in [6, 6.07) is 9.36. The van der Waals surface area contributed by atoms with Gasteiger partial charge >= 0.3 is 0 Å². The molecule has 1 heterocycles. The van der Waals surface area contributed by atoms with Crippen molar-refractivity contribution in [3.63, 3.8) is 0 Å². The van der Waals surface area contributed by atoms with Crippen molar-refractivity contribution in [2.45, 2.75) is 27.7 Å². The number of anilines is 4. The Bertz CT molecular complexity index is 667. The molecular weight excluding hydrogens is 290 g/mol. The third-order valence-electron chi connectivity index (χ3n) is 3.01. The molecule has 0 unspecified atom stereocenters. The van der Waals surface area contributed by atoms with Crippen LogP contribution in [0.2, 0.25) is 0 Å². The summed E-state index contributed by atoms with van der Waals surface area (Å²) in [6.45, 7) is 8.52. The molecule has 0 radical (unpaired) electrons. The van der Waals surface area contributed by atoms with Crippen LogP contribution in [0, 0.1) is 12.8 Å². The zero-order valence-corrected chi connectivity index (χ0v) is 14.0. The molecule has 0 aliphatic carbocycles. The van der Waals surface area contributed by atoms with Crippen LogP contribution in [0.4, 0.5) is 23.0 Å². The highest BCUT2D eigenvalue weighted by molar-refractivity contribution is 5.88. The first-order valence-electron chi connectivity index (χ1n) is 7.66. The Morgan fingerprint density at radius 1 is 1.09 bits per heavy atom. The van der Waals surface area contributed by atoms with Crippen LogP contribution in [-0.2, 0) is 4.79 Å². The van der Waals surface area contributed by atoms with Crippen molar-refractivity contribution in [3.05, 3.63) is 36.2 Å². The van der Waals surface area contributed by atoms with Gasteiger partial charge in [-0.25, -0.2) is 9.97 Å². The smallest absolute Gasteiger partial charge is 0.221 e. The van der Waals surface area contributed by atoms with E-state index in [2.05, 4.69) is 39.8 Å². The SMILES string of the molecule is CC(=O)Nc1ccc(Nc2cc(NCC(C)C)nc(C)n2)cc1. The number of aryl methyl sites for hydroxylation is 1. The van der Waals surface area contributed by atoms with E-state index in [1.54, 1.807) is 0 Å². The summed E-state index contributed by atoms with van der Waals surface area (Å²) in [6.07, 6.45) is 0. The summed E-state index contributed by atoms with van der Waals surface area (Å²) in [7, 11) is 0. The van der Waals surface area contributed by atoms with Gasteiger partial charge in [0.15, 0.2) is 0 Å². The molecule has 3 N–H and O–H groups in total. The van der Waals surface area contributed by atoms with Crippen LogP contribution in [0.15, 0.2) is 30.3 Å². The summed E-state index contributed by atoms with van der Waals surface area (Å²) in [5, 5.41) is 9.29. The van der Waals surface area contributed by atoms with Crippen LogP contribution in [0.1, 0.15) is 26.6 Å². The lowest BCUT2D eigenvalue weighted by Gasteiger charge is -2.12. The number of hydrogen-bond donors (Lipinski definition) is 3. The number of rotatable bonds is 6. The second kappa shape index (κ2) is 7.58. The van der Waals surface area contributed by atoms with Crippen molar-refractivity contribution in [1.29, 1.82) is 0 Å². The van der Waals surface area contributed by atoms with Crippen LogP contribution < -0.4 is 16.0 Å². The highest BCUT2D eigenvalue weighted by Crippen LogP contribution is 2.19. The van der Waals surface area contributed by atoms with Crippen molar-refractivity contribution in [1.82, 2.24) is 9.97 Å². The molecule has 2 rings (SSSR count). The van der Waals surface area contributed by atoms with E-state index in [9.17, 15) is 4.79 Å². The average molecular weight is 313 g/mol. The minimum absolute atomic E-state index is 0.0852. The predicted octanol–water partition coefficient (Wildman–Crippen LogP) is 3.55. The normalized spacial score (nSPS) is 10.5. The minimum Gasteiger partial charge on any atom is -0.370 e. The Labute approximate surface area is 136 Å². The van der Waals surface area contributed by atoms with Crippen molar-refractivity contribution < 1.29 is 4.79 Å². The first-order chi connectivity index (χ1) is 10.9. The molecule has 0 spiro atoms. The van der Waals surface area contributed by atoms with Gasteiger partial charge in [-0.15, -0.1) is 0 Å². The van der Waals surface area contributed by atoms with Crippen LogP contribution in [0.25, 0.3) is 0 Å². The highest BCUT2D eigenvalue weighted by atomic mass is 16.1. The molecule has 6 heteroatoms. The van der Waals surface area contributed by atoms with E-state index >= 15 is 0 Å². The second-order valence-corrected chi connectivity index (χ2v) is 5.84. The Balaban J connectivity index is 2.08. The molecule has 0 bridgehead atoms. The Morgan fingerprint density at radius 2 is 1.70 bits per heavy atom. The standard InChI is InChI=1S/C17H23N5O/c1-11(2)10-18-16-9-17(20-12(3)19-16)22-15-7-5-14(6-8-15)21-13(4)23/h5-9,11H,10H2,1-4H3,(H,21,23)(H2,18,19,20,22). The van der Waals surface area contributed by atoms with Gasteiger partial charge in [0.25, 0.3) is 0 Å². The topological polar surface area (TPSA) is 78.9 Å². The van der Waals surface area contributed by atoms with Crippen molar-refractivity contribution >= 4 is 28.9 Å².